The number of nitro benzene ring substituents is 1. The summed E-state index contributed by atoms with van der Waals surface area (Å²) in [6.45, 7) is 4.11. The zero-order chi connectivity index (χ0) is 42.6. The highest BCUT2D eigenvalue weighted by atomic mass is 35.5. The van der Waals surface area contributed by atoms with Gasteiger partial charge in [-0.2, -0.15) is 0 Å². The van der Waals surface area contributed by atoms with Gasteiger partial charge in [-0.15, -0.1) is 18.2 Å². The molecule has 6 atom stereocenters. The number of aliphatic hydroxyl groups excluding tert-OH is 2. The molecule has 0 bridgehead atoms. The maximum atomic E-state index is 14.7. The molecule has 1 fully saturated rings. The van der Waals surface area contributed by atoms with Crippen LogP contribution in [0.1, 0.15) is 67.6 Å². The molecule has 3 aromatic carbocycles. The summed E-state index contributed by atoms with van der Waals surface area (Å²) in [5.74, 6) is -1.67. The number of non-ortho nitro benzene ring substituents is 1. The van der Waals surface area contributed by atoms with E-state index in [4.69, 9.17) is 40.5 Å². The van der Waals surface area contributed by atoms with Gasteiger partial charge in [-0.05, 0) is 85.1 Å². The fraction of sp³-hybridized carbons (Fsp3) is 0.467. The van der Waals surface area contributed by atoms with E-state index in [-0.39, 0.29) is 81.2 Å². The predicted octanol–water partition coefficient (Wildman–Crippen LogP) is 8.45. The number of ether oxygens (including phenoxy) is 4. The number of fused-ring (bicyclic) bond motifs is 2. The molecule has 3 aromatic rings. The van der Waals surface area contributed by atoms with Crippen LogP contribution in [0.2, 0.25) is 0 Å². The number of aliphatic hydroxyl groups is 2. The molecule has 15 heteroatoms. The van der Waals surface area contributed by atoms with Crippen LogP contribution in [-0.4, -0.2) is 83.0 Å². The van der Waals surface area contributed by atoms with Gasteiger partial charge >= 0.3 is 6.09 Å². The SMILES string of the molecule is C=CCO[C@@]12Oc3ccc(OCc4ccccc4F)cc3[C@H]3[C@H](CCCCO)[C@@H](CCCCO)C=C(C(=NOCc4ccc([N+](=O)[O-])cc4)C[C@@H]1N(C)C(=O)OCCCl)[C@H]32. The number of amides is 1. The van der Waals surface area contributed by atoms with Crippen LogP contribution < -0.4 is 9.47 Å². The molecular formula is C45H53ClFN3O10. The fourth-order valence-corrected chi connectivity index (χ4v) is 8.92. The van der Waals surface area contributed by atoms with Crippen LogP contribution in [0, 0.1) is 33.7 Å². The zero-order valence-electron chi connectivity index (χ0n) is 33.8. The zero-order valence-corrected chi connectivity index (χ0v) is 34.5. The molecule has 2 N–H and O–H groups in total. The second-order valence-corrected chi connectivity index (χ2v) is 15.6. The lowest BCUT2D eigenvalue weighted by atomic mass is 9.55. The average molecular weight is 850 g/mol. The largest absolute Gasteiger partial charge is 0.489 e. The molecule has 0 aromatic heterocycles. The summed E-state index contributed by atoms with van der Waals surface area (Å²) in [6.07, 6.45) is 7.54. The first-order valence-corrected chi connectivity index (χ1v) is 20.9. The maximum Gasteiger partial charge on any atom is 0.410 e. The van der Waals surface area contributed by atoms with E-state index in [1.165, 1.54) is 23.1 Å². The van der Waals surface area contributed by atoms with Gasteiger partial charge in [0.25, 0.3) is 5.69 Å². The summed E-state index contributed by atoms with van der Waals surface area (Å²) in [5.41, 5.74) is 3.26. The van der Waals surface area contributed by atoms with E-state index < -0.39 is 28.8 Å². The molecule has 0 unspecified atom stereocenters. The van der Waals surface area contributed by atoms with E-state index >= 15 is 0 Å². The lowest BCUT2D eigenvalue weighted by Crippen LogP contribution is -2.69. The number of alkyl halides is 1. The number of carbonyl (C=O) groups is 1. The van der Waals surface area contributed by atoms with Gasteiger partial charge in [0.05, 0.1) is 29.0 Å². The van der Waals surface area contributed by atoms with Crippen molar-refractivity contribution in [1.82, 2.24) is 4.90 Å². The highest BCUT2D eigenvalue weighted by Crippen LogP contribution is 2.61. The standard InChI is InChI=1S/C45H53ClFN3O10/c1-3-23-58-45-41(49(2)44(53)56-24-20-46)27-39(48-59-28-30-14-16-33(17-15-30)50(54)55)36-25-31(10-6-8-21-51)35(12-7-9-22-52)42(43(36)45)37-26-34(18-19-40(37)60-45)57-29-32-11-4-5-13-38(32)47/h3-5,11,13-19,25-26,31,35,41-43,51-52H,1,6-10,12,20-24,27-29H2,2H3/t31-,35+,41-,42+,43+,45+/m0/s1. The second kappa shape index (κ2) is 21.0. The summed E-state index contributed by atoms with van der Waals surface area (Å²) in [6, 6.07) is 17.2. The number of rotatable bonds is 21. The molecule has 0 spiro atoms. The van der Waals surface area contributed by atoms with E-state index in [0.717, 1.165) is 36.8 Å². The van der Waals surface area contributed by atoms with Crippen LogP contribution in [-0.2, 0) is 27.5 Å². The van der Waals surface area contributed by atoms with Crippen molar-refractivity contribution in [2.75, 3.05) is 39.4 Å². The predicted molar refractivity (Wildman–Crippen MR) is 223 cm³/mol. The van der Waals surface area contributed by atoms with Crippen molar-refractivity contribution in [1.29, 1.82) is 0 Å². The molecule has 0 saturated heterocycles. The van der Waals surface area contributed by atoms with Crippen molar-refractivity contribution in [2.24, 2.45) is 22.9 Å². The van der Waals surface area contributed by atoms with Gasteiger partial charge in [0.1, 0.15) is 43.2 Å². The quantitative estimate of drug-likeness (QED) is 0.0350. The topological polar surface area (TPSA) is 162 Å². The molecule has 1 amide bonds. The first kappa shape index (κ1) is 44.5. The lowest BCUT2D eigenvalue weighted by molar-refractivity contribution is -0.384. The first-order chi connectivity index (χ1) is 29.1. The van der Waals surface area contributed by atoms with Crippen LogP contribution in [0.3, 0.4) is 0 Å². The van der Waals surface area contributed by atoms with E-state index in [2.05, 4.69) is 12.7 Å². The molecule has 1 heterocycles. The number of halogens is 2. The number of hydrogen-bond donors (Lipinski definition) is 2. The number of hydrogen-bond acceptors (Lipinski definition) is 11. The number of likely N-dealkylation sites (N-methyl/N-ethyl adjacent to an activating group) is 1. The summed E-state index contributed by atoms with van der Waals surface area (Å²) < 4.78 is 40.4. The minimum absolute atomic E-state index is 0.00184. The Morgan fingerprint density at radius 3 is 2.53 bits per heavy atom. The van der Waals surface area contributed by atoms with Gasteiger partial charge in [-0.3, -0.25) is 10.1 Å². The molecule has 6 rings (SSSR count). The normalized spacial score (nSPS) is 23.4. The Hall–Kier alpha value is -5.02. The van der Waals surface area contributed by atoms with Gasteiger partial charge in [0, 0.05) is 55.9 Å². The molecule has 3 aliphatic rings. The number of unbranched alkanes of at least 4 members (excludes halogenated alkanes) is 2. The van der Waals surface area contributed by atoms with Crippen LogP contribution in [0.25, 0.3) is 0 Å². The van der Waals surface area contributed by atoms with Gasteiger partial charge in [0.15, 0.2) is 0 Å². The van der Waals surface area contributed by atoms with Gasteiger partial charge < -0.3 is 38.9 Å². The Morgan fingerprint density at radius 2 is 1.83 bits per heavy atom. The summed E-state index contributed by atoms with van der Waals surface area (Å²) in [7, 11) is 1.62. The molecule has 2 aliphatic carbocycles. The van der Waals surface area contributed by atoms with E-state index in [1.807, 2.05) is 12.1 Å². The molecule has 13 nitrogen and oxygen atoms in total. The van der Waals surface area contributed by atoms with Crippen LogP contribution >= 0.6 is 11.6 Å². The minimum Gasteiger partial charge on any atom is -0.489 e. The first-order valence-electron chi connectivity index (χ1n) is 20.4. The van der Waals surface area contributed by atoms with Crippen molar-refractivity contribution >= 4 is 29.1 Å². The third kappa shape index (κ3) is 9.94. The average Bonchev–Trinajstić information content (AvgIpc) is 3.25. The summed E-state index contributed by atoms with van der Waals surface area (Å²) in [4.78, 5) is 32.0. The van der Waals surface area contributed by atoms with Gasteiger partial charge in [-0.25, -0.2) is 9.18 Å². The van der Waals surface area contributed by atoms with Gasteiger partial charge in [0.2, 0.25) is 5.79 Å². The van der Waals surface area contributed by atoms with Crippen LogP contribution in [0.5, 0.6) is 11.5 Å². The molecule has 1 aliphatic heterocycles. The Bertz CT molecular complexity index is 2010. The number of nitro groups is 1. The van der Waals surface area contributed by atoms with Crippen molar-refractivity contribution in [3.8, 4) is 11.5 Å². The summed E-state index contributed by atoms with van der Waals surface area (Å²) in [5, 5.41) is 35.7. The highest BCUT2D eigenvalue weighted by Gasteiger charge is 2.65. The molecule has 322 valence electrons. The van der Waals surface area contributed by atoms with Crippen LogP contribution in [0.4, 0.5) is 14.9 Å². The summed E-state index contributed by atoms with van der Waals surface area (Å²) >= 11 is 5.93. The fourth-order valence-electron chi connectivity index (χ4n) is 8.85. The Balaban J connectivity index is 1.51. The van der Waals surface area contributed by atoms with Crippen molar-refractivity contribution in [2.45, 2.75) is 75.9 Å². The van der Waals surface area contributed by atoms with E-state index in [9.17, 15) is 29.5 Å². The maximum absolute atomic E-state index is 14.7. The lowest BCUT2D eigenvalue weighted by Gasteiger charge is -2.59. The van der Waals surface area contributed by atoms with E-state index in [0.29, 0.717) is 41.2 Å². The molecule has 0 radical (unpaired) electrons. The van der Waals surface area contributed by atoms with Crippen LogP contribution in [0.15, 0.2) is 96.2 Å². The van der Waals surface area contributed by atoms with Crippen molar-refractivity contribution in [3.63, 3.8) is 0 Å². The number of carbonyl (C=O) groups excluding carboxylic acids is 1. The molecule has 60 heavy (non-hydrogen) atoms. The molecular weight excluding hydrogens is 797 g/mol. The Kier molecular flexibility index (Phi) is 15.6. The number of benzene rings is 3. The number of nitrogens with zero attached hydrogens (tertiary/aromatic N) is 3. The van der Waals surface area contributed by atoms with Gasteiger partial charge in [-0.1, -0.05) is 48.3 Å². The van der Waals surface area contributed by atoms with Crippen molar-refractivity contribution < 1.29 is 48.1 Å². The Morgan fingerprint density at radius 1 is 1.08 bits per heavy atom. The Labute approximate surface area is 354 Å². The highest BCUT2D eigenvalue weighted by molar-refractivity contribution is 6.18. The monoisotopic (exact) mass is 849 g/mol. The number of oxime groups is 1. The smallest absolute Gasteiger partial charge is 0.410 e. The molecule has 1 saturated carbocycles. The third-order valence-electron chi connectivity index (χ3n) is 11.6. The van der Waals surface area contributed by atoms with E-state index in [1.54, 1.807) is 49.5 Å². The second-order valence-electron chi connectivity index (χ2n) is 15.3. The van der Waals surface area contributed by atoms with Crippen molar-refractivity contribution in [3.05, 3.63) is 124 Å². The minimum atomic E-state index is -1.50. The number of allylic oxidation sites excluding steroid dienone is 1. The third-order valence-corrected chi connectivity index (χ3v) is 11.8.